The van der Waals surface area contributed by atoms with Crippen LogP contribution in [0.3, 0.4) is 0 Å². The molecule has 128 valence electrons. The van der Waals surface area contributed by atoms with Crippen LogP contribution in [-0.2, 0) is 4.79 Å². The fourth-order valence-corrected chi connectivity index (χ4v) is 3.24. The summed E-state index contributed by atoms with van der Waals surface area (Å²) < 4.78 is 1.65. The minimum absolute atomic E-state index is 0.0622. The van der Waals surface area contributed by atoms with Gasteiger partial charge in [-0.2, -0.15) is 5.10 Å². The SMILES string of the molecule is CNC(=O)[C@@H]1CN(C)C[C@@H]1NC(=O)c1cc2nc(C)cc(C)n2n1. The molecule has 2 aromatic rings. The molecule has 0 aromatic carbocycles. The minimum atomic E-state index is -0.285. The van der Waals surface area contributed by atoms with Crippen molar-refractivity contribution in [3.63, 3.8) is 0 Å². The second-order valence-corrected chi connectivity index (χ2v) is 6.36. The van der Waals surface area contributed by atoms with Crippen LogP contribution in [0.5, 0.6) is 0 Å². The van der Waals surface area contributed by atoms with Crippen molar-refractivity contribution in [2.45, 2.75) is 19.9 Å². The third kappa shape index (κ3) is 2.96. The van der Waals surface area contributed by atoms with Gasteiger partial charge in [0, 0.05) is 37.6 Å². The molecule has 0 unspecified atom stereocenters. The summed E-state index contributed by atoms with van der Waals surface area (Å²) >= 11 is 0. The smallest absolute Gasteiger partial charge is 0.272 e. The molecule has 2 atom stereocenters. The van der Waals surface area contributed by atoms with E-state index in [4.69, 9.17) is 0 Å². The van der Waals surface area contributed by atoms with Crippen molar-refractivity contribution >= 4 is 17.5 Å². The summed E-state index contributed by atoms with van der Waals surface area (Å²) in [7, 11) is 3.54. The van der Waals surface area contributed by atoms with E-state index in [1.165, 1.54) is 0 Å². The minimum Gasteiger partial charge on any atom is -0.359 e. The number of likely N-dealkylation sites (tertiary alicyclic amines) is 1. The summed E-state index contributed by atoms with van der Waals surface area (Å²) in [6.07, 6.45) is 0. The maximum atomic E-state index is 12.6. The van der Waals surface area contributed by atoms with Gasteiger partial charge >= 0.3 is 0 Å². The van der Waals surface area contributed by atoms with Gasteiger partial charge in [-0.25, -0.2) is 9.50 Å². The number of carbonyl (C=O) groups is 2. The number of aryl methyl sites for hydroxylation is 2. The Morgan fingerprint density at radius 1 is 1.25 bits per heavy atom. The Labute approximate surface area is 140 Å². The molecular formula is C16H22N6O2. The summed E-state index contributed by atoms with van der Waals surface area (Å²) in [5.41, 5.74) is 2.75. The highest BCUT2D eigenvalue weighted by molar-refractivity contribution is 5.94. The van der Waals surface area contributed by atoms with Gasteiger partial charge in [-0.1, -0.05) is 0 Å². The topological polar surface area (TPSA) is 91.6 Å². The molecule has 1 aliphatic heterocycles. The Balaban J connectivity index is 1.82. The first-order chi connectivity index (χ1) is 11.4. The van der Waals surface area contributed by atoms with Gasteiger partial charge in [0.2, 0.25) is 5.91 Å². The number of rotatable bonds is 3. The van der Waals surface area contributed by atoms with Crippen LogP contribution in [0.1, 0.15) is 21.9 Å². The Morgan fingerprint density at radius 3 is 2.71 bits per heavy atom. The van der Waals surface area contributed by atoms with Crippen LogP contribution in [0.15, 0.2) is 12.1 Å². The molecule has 0 aliphatic carbocycles. The van der Waals surface area contributed by atoms with Crippen molar-refractivity contribution in [2.75, 3.05) is 27.2 Å². The zero-order chi connectivity index (χ0) is 17.4. The van der Waals surface area contributed by atoms with Crippen LogP contribution in [0.4, 0.5) is 0 Å². The van der Waals surface area contributed by atoms with E-state index in [-0.39, 0.29) is 23.8 Å². The number of nitrogens with one attached hydrogen (secondary N) is 2. The van der Waals surface area contributed by atoms with Crippen molar-refractivity contribution in [1.29, 1.82) is 0 Å². The van der Waals surface area contributed by atoms with Crippen LogP contribution in [0.25, 0.3) is 5.65 Å². The first-order valence-corrected chi connectivity index (χ1v) is 7.94. The van der Waals surface area contributed by atoms with E-state index >= 15 is 0 Å². The molecule has 1 fully saturated rings. The largest absolute Gasteiger partial charge is 0.359 e. The molecule has 24 heavy (non-hydrogen) atoms. The summed E-state index contributed by atoms with van der Waals surface area (Å²) in [4.78, 5) is 31.0. The van der Waals surface area contributed by atoms with Gasteiger partial charge in [0.25, 0.3) is 5.91 Å². The van der Waals surface area contributed by atoms with E-state index in [9.17, 15) is 9.59 Å². The lowest BCUT2D eigenvalue weighted by Gasteiger charge is -2.17. The van der Waals surface area contributed by atoms with Crippen molar-refractivity contribution in [3.8, 4) is 0 Å². The molecule has 0 radical (unpaired) electrons. The van der Waals surface area contributed by atoms with Crippen LogP contribution < -0.4 is 10.6 Å². The Bertz CT molecular complexity index is 799. The molecule has 3 rings (SSSR count). The number of fused-ring (bicyclic) bond motifs is 1. The first-order valence-electron chi connectivity index (χ1n) is 7.94. The highest BCUT2D eigenvalue weighted by atomic mass is 16.2. The lowest BCUT2D eigenvalue weighted by Crippen LogP contribution is -2.45. The molecule has 0 bridgehead atoms. The number of amides is 2. The van der Waals surface area contributed by atoms with Gasteiger partial charge < -0.3 is 15.5 Å². The van der Waals surface area contributed by atoms with Gasteiger partial charge in [0.1, 0.15) is 0 Å². The molecule has 1 saturated heterocycles. The third-order valence-electron chi connectivity index (χ3n) is 4.37. The molecule has 2 amide bonds. The first kappa shape index (κ1) is 16.4. The summed E-state index contributed by atoms with van der Waals surface area (Å²) in [6, 6.07) is 3.35. The lowest BCUT2D eigenvalue weighted by atomic mass is 10.0. The molecule has 0 spiro atoms. The van der Waals surface area contributed by atoms with E-state index in [0.29, 0.717) is 24.4 Å². The number of hydrogen-bond donors (Lipinski definition) is 2. The highest BCUT2D eigenvalue weighted by Crippen LogP contribution is 2.17. The van der Waals surface area contributed by atoms with E-state index in [1.54, 1.807) is 17.6 Å². The van der Waals surface area contributed by atoms with Gasteiger partial charge in [-0.05, 0) is 27.0 Å². The fraction of sp³-hybridized carbons (Fsp3) is 0.500. The summed E-state index contributed by atoms with van der Waals surface area (Å²) in [5.74, 6) is -0.609. The van der Waals surface area contributed by atoms with Crippen LogP contribution in [0.2, 0.25) is 0 Å². The average molecular weight is 330 g/mol. The number of carbonyl (C=O) groups excluding carboxylic acids is 2. The second-order valence-electron chi connectivity index (χ2n) is 6.36. The second kappa shape index (κ2) is 6.20. The van der Waals surface area contributed by atoms with Gasteiger partial charge in [0.05, 0.1) is 12.0 Å². The van der Waals surface area contributed by atoms with E-state index in [0.717, 1.165) is 11.4 Å². The van der Waals surface area contributed by atoms with Gasteiger partial charge in [-0.3, -0.25) is 9.59 Å². The van der Waals surface area contributed by atoms with E-state index in [2.05, 4.69) is 20.7 Å². The van der Waals surface area contributed by atoms with Crippen LogP contribution in [-0.4, -0.2) is 64.5 Å². The Morgan fingerprint density at radius 2 is 2.00 bits per heavy atom. The van der Waals surface area contributed by atoms with Crippen molar-refractivity contribution in [1.82, 2.24) is 30.1 Å². The molecule has 8 nitrogen and oxygen atoms in total. The zero-order valence-electron chi connectivity index (χ0n) is 14.3. The number of hydrogen-bond acceptors (Lipinski definition) is 5. The fourth-order valence-electron chi connectivity index (χ4n) is 3.24. The highest BCUT2D eigenvalue weighted by Gasteiger charge is 2.36. The van der Waals surface area contributed by atoms with E-state index in [1.807, 2.05) is 31.9 Å². The van der Waals surface area contributed by atoms with E-state index < -0.39 is 0 Å². The van der Waals surface area contributed by atoms with Crippen LogP contribution >= 0.6 is 0 Å². The summed E-state index contributed by atoms with van der Waals surface area (Å²) in [5, 5.41) is 9.93. The molecule has 2 aromatic heterocycles. The van der Waals surface area contributed by atoms with Crippen molar-refractivity contribution in [3.05, 3.63) is 29.2 Å². The van der Waals surface area contributed by atoms with Crippen LogP contribution in [0, 0.1) is 19.8 Å². The quantitative estimate of drug-likeness (QED) is 0.810. The maximum absolute atomic E-state index is 12.6. The molecule has 1 aliphatic rings. The maximum Gasteiger partial charge on any atom is 0.272 e. The molecule has 8 heteroatoms. The number of aromatic nitrogens is 3. The summed E-state index contributed by atoms with van der Waals surface area (Å²) in [6.45, 7) is 5.08. The van der Waals surface area contributed by atoms with Gasteiger partial charge in [-0.15, -0.1) is 0 Å². The normalized spacial score (nSPS) is 21.2. The predicted molar refractivity (Wildman–Crippen MR) is 88.8 cm³/mol. The average Bonchev–Trinajstić information content (AvgIpc) is 3.10. The third-order valence-corrected chi connectivity index (χ3v) is 4.37. The van der Waals surface area contributed by atoms with Crippen molar-refractivity contribution < 1.29 is 9.59 Å². The molecule has 2 N–H and O–H groups in total. The number of nitrogens with zero attached hydrogens (tertiary/aromatic N) is 4. The number of likely N-dealkylation sites (N-methyl/N-ethyl adjacent to an activating group) is 1. The monoisotopic (exact) mass is 330 g/mol. The van der Waals surface area contributed by atoms with Crippen molar-refractivity contribution in [2.24, 2.45) is 5.92 Å². The lowest BCUT2D eigenvalue weighted by molar-refractivity contribution is -0.124. The Kier molecular flexibility index (Phi) is 4.23. The standard InChI is InChI=1S/C16H22N6O2/c1-9-5-10(2)22-14(18-9)6-12(20-22)16(24)19-13-8-21(4)7-11(13)15(23)17-3/h5-6,11,13H,7-8H2,1-4H3,(H,17,23)(H,19,24)/t11-,13+/m1/s1. The molecule has 0 saturated carbocycles. The molecule has 3 heterocycles. The zero-order valence-corrected chi connectivity index (χ0v) is 14.3. The molecular weight excluding hydrogens is 308 g/mol. The predicted octanol–water partition coefficient (Wildman–Crippen LogP) is -0.248. The van der Waals surface area contributed by atoms with Gasteiger partial charge in [0.15, 0.2) is 11.3 Å². The Hall–Kier alpha value is -2.48.